The van der Waals surface area contributed by atoms with Crippen LogP contribution in [0.5, 0.6) is 0 Å². The van der Waals surface area contributed by atoms with Crippen molar-refractivity contribution in [1.29, 1.82) is 0 Å². The highest BCUT2D eigenvalue weighted by atomic mass is 32.2. The molecular formula is C15H14N2O3S. The minimum absolute atomic E-state index is 0.145. The molecule has 0 aliphatic rings. The second-order valence-electron chi connectivity index (χ2n) is 4.28. The Labute approximate surface area is 123 Å². The maximum atomic E-state index is 12.2. The minimum atomic E-state index is -3.64. The Hall–Kier alpha value is -2.36. The van der Waals surface area contributed by atoms with Gasteiger partial charge in [0.15, 0.2) is 0 Å². The summed E-state index contributed by atoms with van der Waals surface area (Å²) in [5, 5.41) is 8.61. The lowest BCUT2D eigenvalue weighted by atomic mass is 10.2. The largest absolute Gasteiger partial charge is 0.384 e. The predicted molar refractivity (Wildman–Crippen MR) is 80.2 cm³/mol. The van der Waals surface area contributed by atoms with E-state index in [0.29, 0.717) is 11.3 Å². The predicted octanol–water partition coefficient (Wildman–Crippen LogP) is 1.53. The monoisotopic (exact) mass is 302 g/mol. The van der Waals surface area contributed by atoms with E-state index in [1.807, 2.05) is 0 Å². The quantitative estimate of drug-likeness (QED) is 0.843. The molecule has 0 saturated heterocycles. The van der Waals surface area contributed by atoms with Crippen LogP contribution in [0.1, 0.15) is 11.3 Å². The lowest BCUT2D eigenvalue weighted by Gasteiger charge is -2.08. The third-order valence-corrected chi connectivity index (χ3v) is 4.02. The highest BCUT2D eigenvalue weighted by Gasteiger charge is 2.13. The SMILES string of the molecule is Cc1cc(NS(=O)(=O)c2ccc(C#CCO)cc2)ccn1. The molecular weight excluding hydrogens is 288 g/mol. The highest BCUT2D eigenvalue weighted by molar-refractivity contribution is 7.92. The van der Waals surface area contributed by atoms with Crippen molar-refractivity contribution < 1.29 is 13.5 Å². The molecule has 0 bridgehead atoms. The van der Waals surface area contributed by atoms with Crippen molar-refractivity contribution in [2.24, 2.45) is 0 Å². The molecule has 21 heavy (non-hydrogen) atoms. The van der Waals surface area contributed by atoms with Gasteiger partial charge in [0.25, 0.3) is 10.0 Å². The molecule has 0 saturated carbocycles. The second kappa shape index (κ2) is 6.39. The van der Waals surface area contributed by atoms with Crippen LogP contribution < -0.4 is 4.72 Å². The molecule has 2 aromatic rings. The van der Waals surface area contributed by atoms with Gasteiger partial charge in [-0.05, 0) is 43.3 Å². The van der Waals surface area contributed by atoms with Crippen molar-refractivity contribution in [3.63, 3.8) is 0 Å². The van der Waals surface area contributed by atoms with E-state index >= 15 is 0 Å². The summed E-state index contributed by atoms with van der Waals surface area (Å²) in [7, 11) is -3.64. The zero-order chi connectivity index (χ0) is 15.3. The van der Waals surface area contributed by atoms with Crippen LogP contribution in [-0.4, -0.2) is 25.1 Å². The van der Waals surface area contributed by atoms with E-state index in [1.54, 1.807) is 37.4 Å². The number of aliphatic hydroxyl groups excluding tert-OH is 1. The van der Waals surface area contributed by atoms with E-state index in [2.05, 4.69) is 21.5 Å². The number of hydrogen-bond donors (Lipinski definition) is 2. The van der Waals surface area contributed by atoms with E-state index < -0.39 is 10.0 Å². The highest BCUT2D eigenvalue weighted by Crippen LogP contribution is 2.16. The average Bonchev–Trinajstić information content (AvgIpc) is 2.45. The first-order valence-corrected chi connectivity index (χ1v) is 7.65. The smallest absolute Gasteiger partial charge is 0.261 e. The minimum Gasteiger partial charge on any atom is -0.384 e. The van der Waals surface area contributed by atoms with E-state index in [4.69, 9.17) is 5.11 Å². The Kier molecular flexibility index (Phi) is 4.58. The van der Waals surface area contributed by atoms with Crippen LogP contribution in [0, 0.1) is 18.8 Å². The summed E-state index contributed by atoms with van der Waals surface area (Å²) >= 11 is 0. The van der Waals surface area contributed by atoms with Gasteiger partial charge in [0.2, 0.25) is 0 Å². The molecule has 1 aromatic heterocycles. The van der Waals surface area contributed by atoms with Crippen molar-refractivity contribution in [3.05, 3.63) is 53.9 Å². The lowest BCUT2D eigenvalue weighted by Crippen LogP contribution is -2.13. The fraction of sp³-hybridized carbons (Fsp3) is 0.133. The van der Waals surface area contributed by atoms with E-state index in [-0.39, 0.29) is 11.5 Å². The van der Waals surface area contributed by atoms with E-state index in [1.165, 1.54) is 12.1 Å². The zero-order valence-corrected chi connectivity index (χ0v) is 12.2. The number of benzene rings is 1. The average molecular weight is 302 g/mol. The molecule has 1 heterocycles. The molecule has 108 valence electrons. The molecule has 0 aliphatic carbocycles. The first kappa shape index (κ1) is 15.0. The first-order valence-electron chi connectivity index (χ1n) is 6.16. The Morgan fingerprint density at radius 2 is 1.95 bits per heavy atom. The van der Waals surface area contributed by atoms with Crippen molar-refractivity contribution in [3.8, 4) is 11.8 Å². The number of nitrogens with zero attached hydrogens (tertiary/aromatic N) is 1. The van der Waals surface area contributed by atoms with Crippen LogP contribution in [0.2, 0.25) is 0 Å². The molecule has 2 N–H and O–H groups in total. The molecule has 1 aromatic carbocycles. The molecule has 5 nitrogen and oxygen atoms in total. The van der Waals surface area contributed by atoms with Crippen LogP contribution in [0.15, 0.2) is 47.5 Å². The summed E-state index contributed by atoms with van der Waals surface area (Å²) < 4.78 is 27.0. The maximum Gasteiger partial charge on any atom is 0.261 e. The molecule has 0 atom stereocenters. The Morgan fingerprint density at radius 3 is 2.57 bits per heavy atom. The standard InChI is InChI=1S/C15H14N2O3S/c1-12-11-14(8-9-16-12)17-21(19,20)15-6-4-13(5-7-15)3-2-10-18/h4-9,11,18H,10H2,1H3,(H,16,17). The van der Waals surface area contributed by atoms with Gasteiger partial charge in [-0.15, -0.1) is 0 Å². The number of anilines is 1. The van der Waals surface area contributed by atoms with E-state index in [9.17, 15) is 8.42 Å². The number of nitrogens with one attached hydrogen (secondary N) is 1. The zero-order valence-electron chi connectivity index (χ0n) is 11.4. The van der Waals surface area contributed by atoms with E-state index in [0.717, 1.165) is 5.69 Å². The van der Waals surface area contributed by atoms with Crippen molar-refractivity contribution >= 4 is 15.7 Å². The third-order valence-electron chi connectivity index (χ3n) is 2.63. The molecule has 0 fully saturated rings. The molecule has 0 unspecified atom stereocenters. The number of aromatic nitrogens is 1. The van der Waals surface area contributed by atoms with Crippen LogP contribution >= 0.6 is 0 Å². The van der Waals surface area contributed by atoms with Gasteiger partial charge in [-0.25, -0.2) is 8.42 Å². The van der Waals surface area contributed by atoms with Gasteiger partial charge in [0, 0.05) is 17.5 Å². The summed E-state index contributed by atoms with van der Waals surface area (Å²) in [5.41, 5.74) is 1.83. The van der Waals surface area contributed by atoms with Gasteiger partial charge in [-0.2, -0.15) is 0 Å². The van der Waals surface area contributed by atoms with Crippen LogP contribution in [0.4, 0.5) is 5.69 Å². The van der Waals surface area contributed by atoms with Gasteiger partial charge < -0.3 is 5.11 Å². The van der Waals surface area contributed by atoms with Crippen LogP contribution in [0.25, 0.3) is 0 Å². The van der Waals surface area contributed by atoms with Gasteiger partial charge in [0.1, 0.15) is 6.61 Å². The fourth-order valence-corrected chi connectivity index (χ4v) is 2.73. The number of rotatable bonds is 3. The number of aryl methyl sites for hydroxylation is 1. The summed E-state index contributed by atoms with van der Waals surface area (Å²) in [5.74, 6) is 5.21. The van der Waals surface area contributed by atoms with Gasteiger partial charge in [0.05, 0.1) is 10.6 Å². The number of aliphatic hydroxyl groups is 1. The summed E-state index contributed by atoms with van der Waals surface area (Å²) in [4.78, 5) is 4.16. The van der Waals surface area contributed by atoms with Gasteiger partial charge >= 0.3 is 0 Å². The molecule has 0 amide bonds. The summed E-state index contributed by atoms with van der Waals surface area (Å²) in [6, 6.07) is 9.36. The molecule has 6 heteroatoms. The van der Waals surface area contributed by atoms with Crippen molar-refractivity contribution in [2.45, 2.75) is 11.8 Å². The molecule has 2 rings (SSSR count). The summed E-state index contributed by atoms with van der Waals surface area (Å²) in [6.07, 6.45) is 1.54. The Balaban J connectivity index is 2.23. The second-order valence-corrected chi connectivity index (χ2v) is 5.96. The number of hydrogen-bond acceptors (Lipinski definition) is 4. The van der Waals surface area contributed by atoms with Crippen LogP contribution in [-0.2, 0) is 10.0 Å². The number of pyridine rings is 1. The normalized spacial score (nSPS) is 10.6. The maximum absolute atomic E-state index is 12.2. The van der Waals surface area contributed by atoms with Crippen LogP contribution in [0.3, 0.4) is 0 Å². The number of sulfonamides is 1. The topological polar surface area (TPSA) is 79.3 Å². The van der Waals surface area contributed by atoms with Gasteiger partial charge in [-0.1, -0.05) is 11.8 Å². The first-order chi connectivity index (χ1) is 10.0. The summed E-state index contributed by atoms with van der Waals surface area (Å²) in [6.45, 7) is 1.55. The Bertz CT molecular complexity index is 788. The fourth-order valence-electron chi connectivity index (χ4n) is 1.68. The lowest BCUT2D eigenvalue weighted by molar-refractivity contribution is 0.350. The third kappa shape index (κ3) is 4.05. The van der Waals surface area contributed by atoms with Crippen molar-refractivity contribution in [2.75, 3.05) is 11.3 Å². The van der Waals surface area contributed by atoms with Crippen molar-refractivity contribution in [1.82, 2.24) is 4.98 Å². The Morgan fingerprint density at radius 1 is 1.24 bits per heavy atom. The molecule has 0 spiro atoms. The molecule has 0 radical (unpaired) electrons. The van der Waals surface area contributed by atoms with Gasteiger partial charge in [-0.3, -0.25) is 9.71 Å². The molecule has 0 aliphatic heterocycles.